The van der Waals surface area contributed by atoms with Crippen molar-refractivity contribution in [3.05, 3.63) is 0 Å². The Morgan fingerprint density at radius 2 is 1.89 bits per heavy atom. The van der Waals surface area contributed by atoms with Gasteiger partial charge in [0.2, 0.25) is 10.0 Å². The molecule has 0 bridgehead atoms. The largest absolute Gasteiger partial charge is 0.381 e. The molecule has 0 aromatic rings. The van der Waals surface area contributed by atoms with Gasteiger partial charge in [0.1, 0.15) is 0 Å². The van der Waals surface area contributed by atoms with Gasteiger partial charge in [-0.3, -0.25) is 0 Å². The lowest BCUT2D eigenvalue weighted by atomic mass is 9.86. The number of nitrogens with two attached hydrogens (primary N) is 1. The first kappa shape index (κ1) is 14.2. The minimum absolute atomic E-state index is 0.247. The monoisotopic (exact) mass is 276 g/mol. The third kappa shape index (κ3) is 3.91. The first-order valence-electron chi connectivity index (χ1n) is 6.90. The Hall–Kier alpha value is -0.170. The molecule has 0 aromatic heterocycles. The van der Waals surface area contributed by atoms with Crippen LogP contribution in [0.4, 0.5) is 0 Å². The van der Waals surface area contributed by atoms with Crippen LogP contribution >= 0.6 is 0 Å². The molecular weight excluding hydrogens is 252 g/mol. The number of hydrogen-bond donors (Lipinski definition) is 2. The molecule has 0 radical (unpaired) electrons. The van der Waals surface area contributed by atoms with Crippen LogP contribution in [0.5, 0.6) is 0 Å². The third-order valence-corrected chi connectivity index (χ3v) is 5.92. The van der Waals surface area contributed by atoms with Crippen LogP contribution in [0.15, 0.2) is 0 Å². The highest BCUT2D eigenvalue weighted by Gasteiger charge is 2.28. The summed E-state index contributed by atoms with van der Waals surface area (Å²) in [6.07, 6.45) is 5.44. The fourth-order valence-corrected chi connectivity index (χ4v) is 4.37. The van der Waals surface area contributed by atoms with Crippen molar-refractivity contribution in [2.45, 2.75) is 49.8 Å². The first-order valence-corrected chi connectivity index (χ1v) is 8.44. The Morgan fingerprint density at radius 3 is 2.56 bits per heavy atom. The molecule has 0 spiro atoms. The summed E-state index contributed by atoms with van der Waals surface area (Å²) < 4.78 is 32.2. The van der Waals surface area contributed by atoms with E-state index in [1.54, 1.807) is 0 Å². The van der Waals surface area contributed by atoms with E-state index in [1.807, 2.05) is 0 Å². The van der Waals surface area contributed by atoms with E-state index in [2.05, 4.69) is 4.72 Å². The van der Waals surface area contributed by atoms with Gasteiger partial charge in [-0.25, -0.2) is 13.1 Å². The second-order valence-electron chi connectivity index (χ2n) is 5.50. The molecule has 2 fully saturated rings. The summed E-state index contributed by atoms with van der Waals surface area (Å²) in [5, 5.41) is -0.275. The van der Waals surface area contributed by atoms with Crippen molar-refractivity contribution < 1.29 is 13.2 Å². The first-order chi connectivity index (χ1) is 8.58. The Kier molecular flexibility index (Phi) is 5.00. The SMILES string of the molecule is NC1CCCC(CNS(=O)(=O)C2CCOCC2)C1. The topological polar surface area (TPSA) is 81.4 Å². The fourth-order valence-electron chi connectivity index (χ4n) is 2.86. The van der Waals surface area contributed by atoms with Crippen molar-refractivity contribution in [1.29, 1.82) is 0 Å². The van der Waals surface area contributed by atoms with Gasteiger partial charge >= 0.3 is 0 Å². The van der Waals surface area contributed by atoms with Gasteiger partial charge in [-0.2, -0.15) is 0 Å². The smallest absolute Gasteiger partial charge is 0.214 e. The number of sulfonamides is 1. The van der Waals surface area contributed by atoms with Gasteiger partial charge in [0.25, 0.3) is 0 Å². The quantitative estimate of drug-likeness (QED) is 0.788. The molecule has 18 heavy (non-hydrogen) atoms. The van der Waals surface area contributed by atoms with Crippen LogP contribution in [-0.2, 0) is 14.8 Å². The van der Waals surface area contributed by atoms with Gasteiger partial charge < -0.3 is 10.5 Å². The standard InChI is InChI=1S/C12H24N2O3S/c13-11-3-1-2-10(8-11)9-14-18(15,16)12-4-6-17-7-5-12/h10-12,14H,1-9,13H2. The second kappa shape index (κ2) is 6.32. The number of nitrogens with one attached hydrogen (secondary N) is 1. The highest BCUT2D eigenvalue weighted by Crippen LogP contribution is 2.23. The van der Waals surface area contributed by atoms with E-state index in [9.17, 15) is 8.42 Å². The fraction of sp³-hybridized carbons (Fsp3) is 1.00. The molecule has 3 N–H and O–H groups in total. The summed E-state index contributed by atoms with van der Waals surface area (Å²) in [6.45, 7) is 1.66. The van der Waals surface area contributed by atoms with Crippen LogP contribution < -0.4 is 10.5 Å². The Morgan fingerprint density at radius 1 is 1.17 bits per heavy atom. The van der Waals surface area contributed by atoms with Crippen molar-refractivity contribution in [3.63, 3.8) is 0 Å². The van der Waals surface area contributed by atoms with E-state index in [0.717, 1.165) is 25.7 Å². The average Bonchev–Trinajstić information content (AvgIpc) is 2.38. The van der Waals surface area contributed by atoms with E-state index in [1.165, 1.54) is 0 Å². The van der Waals surface area contributed by atoms with Crippen LogP contribution in [0.25, 0.3) is 0 Å². The Bertz CT molecular complexity index is 352. The molecule has 1 heterocycles. The van der Waals surface area contributed by atoms with Crippen molar-refractivity contribution >= 4 is 10.0 Å². The lowest BCUT2D eigenvalue weighted by molar-refractivity contribution is 0.0981. The highest BCUT2D eigenvalue weighted by molar-refractivity contribution is 7.90. The summed E-state index contributed by atoms with van der Waals surface area (Å²) in [4.78, 5) is 0. The van der Waals surface area contributed by atoms with Crippen molar-refractivity contribution in [2.75, 3.05) is 19.8 Å². The molecule has 1 saturated carbocycles. The molecule has 6 heteroatoms. The lowest BCUT2D eigenvalue weighted by Gasteiger charge is -2.28. The summed E-state index contributed by atoms with van der Waals surface area (Å²) in [6, 6.07) is 0.247. The van der Waals surface area contributed by atoms with E-state index in [0.29, 0.717) is 38.5 Å². The summed E-state index contributed by atoms with van der Waals surface area (Å²) >= 11 is 0. The average molecular weight is 276 g/mol. The molecule has 2 unspecified atom stereocenters. The van der Waals surface area contributed by atoms with Crippen molar-refractivity contribution in [2.24, 2.45) is 11.7 Å². The molecule has 0 amide bonds. The maximum Gasteiger partial charge on any atom is 0.214 e. The van der Waals surface area contributed by atoms with Crippen LogP contribution in [-0.4, -0.2) is 39.5 Å². The predicted octanol–water partition coefficient (Wildman–Crippen LogP) is 0.602. The van der Waals surface area contributed by atoms with Crippen LogP contribution in [0.2, 0.25) is 0 Å². The van der Waals surface area contributed by atoms with Crippen LogP contribution in [0, 0.1) is 5.92 Å². The summed E-state index contributed by atoms with van der Waals surface area (Å²) in [5.41, 5.74) is 5.91. The number of ether oxygens (including phenoxy) is 1. The van der Waals surface area contributed by atoms with Crippen LogP contribution in [0.1, 0.15) is 38.5 Å². The van der Waals surface area contributed by atoms with Gasteiger partial charge in [0, 0.05) is 25.8 Å². The van der Waals surface area contributed by atoms with Crippen molar-refractivity contribution in [1.82, 2.24) is 4.72 Å². The molecular formula is C12H24N2O3S. The molecule has 2 rings (SSSR count). The van der Waals surface area contributed by atoms with Gasteiger partial charge in [0.05, 0.1) is 5.25 Å². The summed E-state index contributed by atoms with van der Waals surface area (Å²) in [5.74, 6) is 0.406. The highest BCUT2D eigenvalue weighted by atomic mass is 32.2. The van der Waals surface area contributed by atoms with Gasteiger partial charge in [-0.15, -0.1) is 0 Å². The molecule has 2 atom stereocenters. The zero-order chi connectivity index (χ0) is 13.0. The van der Waals surface area contributed by atoms with E-state index in [-0.39, 0.29) is 11.3 Å². The van der Waals surface area contributed by atoms with Gasteiger partial charge in [0.15, 0.2) is 0 Å². The Balaban J connectivity index is 1.80. The number of hydrogen-bond acceptors (Lipinski definition) is 4. The Labute approximate surface area is 110 Å². The molecule has 0 aromatic carbocycles. The van der Waals surface area contributed by atoms with E-state index in [4.69, 9.17) is 10.5 Å². The lowest BCUT2D eigenvalue weighted by Crippen LogP contribution is -2.41. The minimum atomic E-state index is -3.17. The second-order valence-corrected chi connectivity index (χ2v) is 7.54. The van der Waals surface area contributed by atoms with Gasteiger partial charge in [-0.05, 0) is 38.0 Å². The zero-order valence-corrected chi connectivity index (χ0v) is 11.6. The molecule has 1 saturated heterocycles. The minimum Gasteiger partial charge on any atom is -0.381 e. The number of rotatable bonds is 4. The molecule has 106 valence electrons. The van der Waals surface area contributed by atoms with E-state index < -0.39 is 10.0 Å². The van der Waals surface area contributed by atoms with Gasteiger partial charge in [-0.1, -0.05) is 6.42 Å². The maximum absolute atomic E-state index is 12.1. The molecule has 5 nitrogen and oxygen atoms in total. The maximum atomic E-state index is 12.1. The molecule has 1 aliphatic heterocycles. The predicted molar refractivity (Wildman–Crippen MR) is 70.7 cm³/mol. The van der Waals surface area contributed by atoms with Crippen molar-refractivity contribution in [3.8, 4) is 0 Å². The third-order valence-electron chi connectivity index (χ3n) is 4.00. The molecule has 1 aliphatic carbocycles. The normalized spacial score (nSPS) is 31.4. The molecule has 2 aliphatic rings. The van der Waals surface area contributed by atoms with E-state index >= 15 is 0 Å². The zero-order valence-electron chi connectivity index (χ0n) is 10.8. The summed E-state index contributed by atoms with van der Waals surface area (Å²) in [7, 11) is -3.17. The van der Waals surface area contributed by atoms with Crippen LogP contribution in [0.3, 0.4) is 0 Å².